The van der Waals surface area contributed by atoms with Crippen molar-refractivity contribution in [2.24, 2.45) is 0 Å². The van der Waals surface area contributed by atoms with Crippen LogP contribution >= 0.6 is 0 Å². The highest BCUT2D eigenvalue weighted by molar-refractivity contribution is 5.95. The van der Waals surface area contributed by atoms with E-state index >= 15 is 0 Å². The van der Waals surface area contributed by atoms with E-state index < -0.39 is 4.92 Å². The molecule has 96 valence electrons. The van der Waals surface area contributed by atoms with Gasteiger partial charge in [0.05, 0.1) is 4.92 Å². The van der Waals surface area contributed by atoms with Gasteiger partial charge in [0, 0.05) is 36.8 Å². The monoisotopic (exact) mass is 257 g/mol. The summed E-state index contributed by atoms with van der Waals surface area (Å²) >= 11 is 0. The lowest BCUT2D eigenvalue weighted by Crippen LogP contribution is -2.40. The molecule has 19 heavy (non-hydrogen) atoms. The highest BCUT2D eigenvalue weighted by Gasteiger charge is 2.16. The Kier molecular flexibility index (Phi) is 3.66. The first-order chi connectivity index (χ1) is 9.08. The fraction of sp³-hybridized carbons (Fsp3) is 0.143. The zero-order valence-electron chi connectivity index (χ0n) is 10.4. The van der Waals surface area contributed by atoms with Crippen LogP contribution < -0.4 is 4.57 Å². The number of hydrogen-bond donors (Lipinski definition) is 0. The van der Waals surface area contributed by atoms with Gasteiger partial charge in [0.25, 0.3) is 5.69 Å². The smallest absolute Gasteiger partial charge is 0.270 e. The molecule has 0 saturated heterocycles. The van der Waals surface area contributed by atoms with E-state index in [9.17, 15) is 14.9 Å². The number of nitrogens with zero attached hydrogens (tertiary/aromatic N) is 2. The highest BCUT2D eigenvalue weighted by Crippen LogP contribution is 2.13. The second-order valence-corrected chi connectivity index (χ2v) is 4.20. The Morgan fingerprint density at radius 3 is 2.74 bits per heavy atom. The molecule has 0 aliphatic carbocycles. The Morgan fingerprint density at radius 2 is 2.05 bits per heavy atom. The van der Waals surface area contributed by atoms with Gasteiger partial charge in [0.2, 0.25) is 12.3 Å². The molecule has 0 N–H and O–H groups in total. The number of nitro groups is 1. The zero-order chi connectivity index (χ0) is 13.8. The van der Waals surface area contributed by atoms with Crippen LogP contribution in [0.15, 0.2) is 48.7 Å². The molecular weight excluding hydrogens is 244 g/mol. The summed E-state index contributed by atoms with van der Waals surface area (Å²) in [7, 11) is 0. The van der Waals surface area contributed by atoms with E-state index in [4.69, 9.17) is 0 Å². The summed E-state index contributed by atoms with van der Waals surface area (Å²) in [5, 5.41) is 10.7. The van der Waals surface area contributed by atoms with E-state index in [-0.39, 0.29) is 18.0 Å². The molecule has 0 spiro atoms. The lowest BCUT2D eigenvalue weighted by atomic mass is 10.1. The second-order valence-electron chi connectivity index (χ2n) is 4.20. The van der Waals surface area contributed by atoms with Gasteiger partial charge in [-0.2, -0.15) is 4.57 Å². The number of carbonyl (C=O) groups is 1. The van der Waals surface area contributed by atoms with E-state index in [0.717, 1.165) is 5.69 Å². The van der Waals surface area contributed by atoms with Crippen LogP contribution in [0, 0.1) is 17.0 Å². The molecule has 0 aliphatic rings. The highest BCUT2D eigenvalue weighted by atomic mass is 16.6. The number of non-ortho nitro benzene ring substituents is 1. The maximum absolute atomic E-state index is 12.1. The van der Waals surface area contributed by atoms with Crippen molar-refractivity contribution in [2.45, 2.75) is 13.5 Å². The average molecular weight is 257 g/mol. The Hall–Kier alpha value is -2.56. The van der Waals surface area contributed by atoms with Crippen LogP contribution in [0.3, 0.4) is 0 Å². The Balaban J connectivity index is 2.23. The largest absolute Gasteiger partial charge is 0.287 e. The Bertz CT molecular complexity index is 638. The number of pyridine rings is 1. The number of aromatic nitrogens is 1. The number of hydrogen-bond acceptors (Lipinski definition) is 3. The summed E-state index contributed by atoms with van der Waals surface area (Å²) in [6.07, 6.45) is 1.81. The summed E-state index contributed by atoms with van der Waals surface area (Å²) in [5.74, 6) is -0.150. The summed E-state index contributed by atoms with van der Waals surface area (Å²) < 4.78 is 1.81. The van der Waals surface area contributed by atoms with E-state index in [1.807, 2.05) is 31.3 Å². The number of benzene rings is 1. The molecule has 0 fully saturated rings. The van der Waals surface area contributed by atoms with Crippen LogP contribution in [0.4, 0.5) is 5.69 Å². The van der Waals surface area contributed by atoms with Crippen molar-refractivity contribution in [1.82, 2.24) is 0 Å². The second kappa shape index (κ2) is 5.39. The molecule has 1 heterocycles. The van der Waals surface area contributed by atoms with Crippen LogP contribution in [-0.4, -0.2) is 10.7 Å². The minimum absolute atomic E-state index is 0.0689. The van der Waals surface area contributed by atoms with Gasteiger partial charge in [-0.25, -0.2) is 0 Å². The minimum Gasteiger partial charge on any atom is -0.287 e. The Morgan fingerprint density at radius 1 is 1.26 bits per heavy atom. The predicted octanol–water partition coefficient (Wildman–Crippen LogP) is 2.07. The van der Waals surface area contributed by atoms with E-state index in [2.05, 4.69) is 0 Å². The van der Waals surface area contributed by atoms with Crippen LogP contribution in [0.25, 0.3) is 0 Å². The summed E-state index contributed by atoms with van der Waals surface area (Å²) in [5.41, 5.74) is 1.24. The van der Waals surface area contributed by atoms with Gasteiger partial charge in [0.15, 0.2) is 11.9 Å². The number of nitro benzene ring substituents is 1. The molecule has 0 bridgehead atoms. The van der Waals surface area contributed by atoms with Gasteiger partial charge in [-0.1, -0.05) is 18.2 Å². The first-order valence-electron chi connectivity index (χ1n) is 5.80. The molecule has 1 aromatic heterocycles. The lowest BCUT2D eigenvalue weighted by Gasteiger charge is -2.00. The third kappa shape index (κ3) is 3.01. The van der Waals surface area contributed by atoms with Gasteiger partial charge in [-0.05, 0) is 0 Å². The topological polar surface area (TPSA) is 64.1 Å². The molecule has 0 aliphatic heterocycles. The van der Waals surface area contributed by atoms with E-state index in [1.54, 1.807) is 10.6 Å². The standard InChI is InChI=1S/C14H13N2O3/c1-11-5-2-3-8-15(11)10-14(17)12-6-4-7-13(9-12)16(18)19/h2-9H,10H2,1H3/q+1. The van der Waals surface area contributed by atoms with Crippen LogP contribution in [0.2, 0.25) is 0 Å². The van der Waals surface area contributed by atoms with E-state index in [0.29, 0.717) is 5.56 Å². The van der Waals surface area contributed by atoms with Crippen LogP contribution in [0.5, 0.6) is 0 Å². The molecule has 2 rings (SSSR count). The minimum atomic E-state index is -0.502. The first-order valence-corrected chi connectivity index (χ1v) is 5.80. The van der Waals surface area contributed by atoms with E-state index in [1.165, 1.54) is 18.2 Å². The van der Waals surface area contributed by atoms with Crippen molar-refractivity contribution in [3.63, 3.8) is 0 Å². The quantitative estimate of drug-likeness (QED) is 0.364. The molecule has 2 aromatic rings. The van der Waals surface area contributed by atoms with Crippen LogP contribution in [-0.2, 0) is 6.54 Å². The average Bonchev–Trinajstić information content (AvgIpc) is 2.41. The van der Waals surface area contributed by atoms with Crippen molar-refractivity contribution in [3.05, 3.63) is 70.0 Å². The number of ketones is 1. The predicted molar refractivity (Wildman–Crippen MR) is 68.8 cm³/mol. The van der Waals surface area contributed by atoms with Gasteiger partial charge >= 0.3 is 0 Å². The molecule has 1 aromatic carbocycles. The van der Waals surface area contributed by atoms with Gasteiger partial charge in [0.1, 0.15) is 0 Å². The molecule has 0 saturated carbocycles. The van der Waals surface area contributed by atoms with Gasteiger partial charge in [-0.15, -0.1) is 0 Å². The summed E-state index contributed by atoms with van der Waals surface area (Å²) in [4.78, 5) is 22.3. The fourth-order valence-electron chi connectivity index (χ4n) is 1.78. The molecule has 0 atom stereocenters. The third-order valence-corrected chi connectivity index (χ3v) is 2.86. The fourth-order valence-corrected chi connectivity index (χ4v) is 1.78. The normalized spacial score (nSPS) is 10.2. The molecule has 0 radical (unpaired) electrons. The van der Waals surface area contributed by atoms with Gasteiger partial charge < -0.3 is 0 Å². The number of Topliss-reactive ketones (excluding diaryl/α,β-unsaturated/α-hetero) is 1. The first kappa shape index (κ1) is 12.9. The molecular formula is C14H13N2O3+. The van der Waals surface area contributed by atoms with Crippen molar-refractivity contribution < 1.29 is 14.3 Å². The molecule has 5 heteroatoms. The number of aryl methyl sites for hydroxylation is 1. The molecule has 0 unspecified atom stereocenters. The zero-order valence-corrected chi connectivity index (χ0v) is 10.4. The number of carbonyl (C=O) groups excluding carboxylic acids is 1. The molecule has 5 nitrogen and oxygen atoms in total. The number of rotatable bonds is 4. The molecule has 0 amide bonds. The third-order valence-electron chi connectivity index (χ3n) is 2.86. The van der Waals surface area contributed by atoms with Crippen molar-refractivity contribution in [3.8, 4) is 0 Å². The van der Waals surface area contributed by atoms with Crippen molar-refractivity contribution >= 4 is 11.5 Å². The lowest BCUT2D eigenvalue weighted by molar-refractivity contribution is -0.689. The van der Waals surface area contributed by atoms with Crippen LogP contribution in [0.1, 0.15) is 16.1 Å². The summed E-state index contributed by atoms with van der Waals surface area (Å²) in [6, 6.07) is 11.4. The Labute approximate surface area is 110 Å². The SMILES string of the molecule is Cc1cccc[n+]1CC(=O)c1cccc([N+](=O)[O-])c1. The summed E-state index contributed by atoms with van der Waals surface area (Å²) in [6.45, 7) is 2.08. The maximum Gasteiger partial charge on any atom is 0.270 e. The van der Waals surface area contributed by atoms with Gasteiger partial charge in [-0.3, -0.25) is 14.9 Å². The van der Waals surface area contributed by atoms with Crippen molar-refractivity contribution in [2.75, 3.05) is 0 Å². The van der Waals surface area contributed by atoms with Crippen molar-refractivity contribution in [1.29, 1.82) is 0 Å². The maximum atomic E-state index is 12.1.